The monoisotopic (exact) mass is 273 g/mol. The van der Waals surface area contributed by atoms with E-state index in [9.17, 15) is 5.26 Å². The van der Waals surface area contributed by atoms with Crippen LogP contribution in [0.25, 0.3) is 0 Å². The largest absolute Gasteiger partial charge is 0.480 e. The van der Waals surface area contributed by atoms with Gasteiger partial charge in [-0.1, -0.05) is 0 Å². The van der Waals surface area contributed by atoms with Gasteiger partial charge in [-0.05, 0) is 25.3 Å². The second-order valence-electron chi connectivity index (χ2n) is 5.65. The summed E-state index contributed by atoms with van der Waals surface area (Å²) in [5, 5.41) is 9.40. The summed E-state index contributed by atoms with van der Waals surface area (Å²) in [4.78, 5) is 6.41. The van der Waals surface area contributed by atoms with E-state index in [2.05, 4.69) is 16.0 Å². The topological polar surface area (TPSA) is 58.4 Å². The van der Waals surface area contributed by atoms with E-state index in [0.29, 0.717) is 11.4 Å². The average Bonchev–Trinajstić information content (AvgIpc) is 2.94. The molecule has 0 saturated carbocycles. The molecule has 2 fully saturated rings. The van der Waals surface area contributed by atoms with Gasteiger partial charge in [0.2, 0.25) is 5.88 Å². The minimum absolute atomic E-state index is 0.265. The van der Waals surface area contributed by atoms with E-state index >= 15 is 0 Å². The summed E-state index contributed by atoms with van der Waals surface area (Å²) >= 11 is 0. The van der Waals surface area contributed by atoms with Gasteiger partial charge in [0.1, 0.15) is 11.6 Å². The van der Waals surface area contributed by atoms with Gasteiger partial charge in [-0.3, -0.25) is 0 Å². The van der Waals surface area contributed by atoms with Crippen molar-refractivity contribution in [3.05, 3.63) is 17.8 Å². The van der Waals surface area contributed by atoms with Crippen molar-refractivity contribution in [2.24, 2.45) is 5.41 Å². The zero-order valence-electron chi connectivity index (χ0n) is 11.8. The molecule has 3 heterocycles. The molecule has 5 nitrogen and oxygen atoms in total. The van der Waals surface area contributed by atoms with E-state index in [0.717, 1.165) is 44.8 Å². The molecule has 0 bridgehead atoms. The van der Waals surface area contributed by atoms with Crippen molar-refractivity contribution in [3.8, 4) is 11.9 Å². The van der Waals surface area contributed by atoms with Crippen LogP contribution >= 0.6 is 0 Å². The van der Waals surface area contributed by atoms with Crippen LogP contribution < -0.4 is 9.64 Å². The third kappa shape index (κ3) is 2.20. The molecule has 20 heavy (non-hydrogen) atoms. The number of hydrogen-bond acceptors (Lipinski definition) is 5. The molecule has 2 saturated heterocycles. The Morgan fingerprint density at radius 1 is 1.50 bits per heavy atom. The van der Waals surface area contributed by atoms with Gasteiger partial charge < -0.3 is 14.4 Å². The number of nitrogens with zero attached hydrogens (tertiary/aromatic N) is 3. The van der Waals surface area contributed by atoms with Crippen molar-refractivity contribution in [3.63, 3.8) is 0 Å². The predicted octanol–water partition coefficient (Wildman–Crippen LogP) is 1.97. The molecule has 0 aromatic carbocycles. The number of rotatable bonds is 2. The Hall–Kier alpha value is -1.80. The first kappa shape index (κ1) is 13.2. The zero-order valence-corrected chi connectivity index (χ0v) is 11.8. The van der Waals surface area contributed by atoms with Crippen LogP contribution in [0.15, 0.2) is 12.3 Å². The Balaban J connectivity index is 1.91. The first-order valence-electron chi connectivity index (χ1n) is 7.04. The van der Waals surface area contributed by atoms with E-state index < -0.39 is 0 Å². The standard InChI is InChI=1S/C15H19N3O2/c1-19-14-12(9-16)13(3-6-17-14)18-7-2-4-15(10-18)5-8-20-11-15/h3,6H,2,4-5,7-8,10-11H2,1H3/t15-/m0/s1. The number of nitriles is 1. The number of ether oxygens (including phenoxy) is 2. The minimum atomic E-state index is 0.265. The summed E-state index contributed by atoms with van der Waals surface area (Å²) in [5.41, 5.74) is 1.73. The third-order valence-corrected chi connectivity index (χ3v) is 4.39. The third-order valence-electron chi connectivity index (χ3n) is 4.39. The molecule has 0 amide bonds. The molecule has 1 aromatic rings. The van der Waals surface area contributed by atoms with Crippen molar-refractivity contribution in [2.75, 3.05) is 38.3 Å². The highest BCUT2D eigenvalue weighted by Gasteiger charge is 2.39. The van der Waals surface area contributed by atoms with Crippen molar-refractivity contribution in [1.82, 2.24) is 4.98 Å². The van der Waals surface area contributed by atoms with E-state index in [4.69, 9.17) is 9.47 Å². The molecule has 5 heteroatoms. The van der Waals surface area contributed by atoms with Gasteiger partial charge in [0.25, 0.3) is 0 Å². The second kappa shape index (κ2) is 5.29. The Morgan fingerprint density at radius 2 is 2.40 bits per heavy atom. The average molecular weight is 273 g/mol. The molecule has 1 aromatic heterocycles. The van der Waals surface area contributed by atoms with Gasteiger partial charge in [0.15, 0.2) is 0 Å². The summed E-state index contributed by atoms with van der Waals surface area (Å²) in [5.74, 6) is 0.410. The second-order valence-corrected chi connectivity index (χ2v) is 5.65. The molecule has 0 aliphatic carbocycles. The summed E-state index contributed by atoms with van der Waals surface area (Å²) in [6.07, 6.45) is 5.18. The highest BCUT2D eigenvalue weighted by Crippen LogP contribution is 2.40. The Bertz CT molecular complexity index is 532. The van der Waals surface area contributed by atoms with Crippen LogP contribution in [0.4, 0.5) is 5.69 Å². The van der Waals surface area contributed by atoms with Crippen molar-refractivity contribution in [2.45, 2.75) is 19.3 Å². The predicted molar refractivity (Wildman–Crippen MR) is 74.8 cm³/mol. The van der Waals surface area contributed by atoms with Crippen LogP contribution in [0.1, 0.15) is 24.8 Å². The molecular formula is C15H19N3O2. The summed E-state index contributed by atoms with van der Waals surface area (Å²) in [6.45, 7) is 3.63. The van der Waals surface area contributed by atoms with Crippen molar-refractivity contribution >= 4 is 5.69 Å². The van der Waals surface area contributed by atoms with E-state index in [-0.39, 0.29) is 5.41 Å². The number of hydrogen-bond donors (Lipinski definition) is 0. The quantitative estimate of drug-likeness (QED) is 0.824. The maximum atomic E-state index is 9.40. The number of piperidine rings is 1. The summed E-state index contributed by atoms with van der Waals surface area (Å²) in [7, 11) is 1.55. The van der Waals surface area contributed by atoms with Crippen LogP contribution in [0.3, 0.4) is 0 Å². The van der Waals surface area contributed by atoms with Crippen LogP contribution in [0.5, 0.6) is 5.88 Å². The SMILES string of the molecule is COc1nccc(N2CCC[C@]3(CCOC3)C2)c1C#N. The van der Waals surface area contributed by atoms with Crippen LogP contribution in [-0.2, 0) is 4.74 Å². The highest BCUT2D eigenvalue weighted by atomic mass is 16.5. The van der Waals surface area contributed by atoms with Gasteiger partial charge in [-0.2, -0.15) is 5.26 Å². The van der Waals surface area contributed by atoms with Gasteiger partial charge >= 0.3 is 0 Å². The fourth-order valence-corrected chi connectivity index (χ4v) is 3.34. The number of methoxy groups -OCH3 is 1. The van der Waals surface area contributed by atoms with E-state index in [1.807, 2.05) is 6.07 Å². The lowest BCUT2D eigenvalue weighted by molar-refractivity contribution is 0.139. The molecule has 0 N–H and O–H groups in total. The number of aromatic nitrogens is 1. The Morgan fingerprint density at radius 3 is 3.10 bits per heavy atom. The molecular weight excluding hydrogens is 254 g/mol. The van der Waals surface area contributed by atoms with Crippen molar-refractivity contribution < 1.29 is 9.47 Å². The van der Waals surface area contributed by atoms with Gasteiger partial charge in [-0.15, -0.1) is 0 Å². The smallest absolute Gasteiger partial charge is 0.233 e. The molecule has 2 aliphatic rings. The number of pyridine rings is 1. The van der Waals surface area contributed by atoms with E-state index in [1.54, 1.807) is 13.3 Å². The molecule has 106 valence electrons. The normalized spacial score (nSPS) is 25.7. The van der Waals surface area contributed by atoms with Crippen LogP contribution in [0, 0.1) is 16.7 Å². The maximum Gasteiger partial charge on any atom is 0.233 e. The first-order valence-corrected chi connectivity index (χ1v) is 7.04. The van der Waals surface area contributed by atoms with Gasteiger partial charge in [-0.25, -0.2) is 4.98 Å². The maximum absolute atomic E-state index is 9.40. The van der Waals surface area contributed by atoms with Crippen LogP contribution in [0.2, 0.25) is 0 Å². The lowest BCUT2D eigenvalue weighted by Crippen LogP contribution is -2.44. The lowest BCUT2D eigenvalue weighted by atomic mass is 9.79. The first-order chi connectivity index (χ1) is 9.78. The molecule has 1 spiro atoms. The fraction of sp³-hybridized carbons (Fsp3) is 0.600. The number of anilines is 1. The zero-order chi connectivity index (χ0) is 14.0. The molecule has 2 aliphatic heterocycles. The summed E-state index contributed by atoms with van der Waals surface area (Å²) < 4.78 is 10.8. The molecule has 0 radical (unpaired) electrons. The van der Waals surface area contributed by atoms with Gasteiger partial charge in [0.05, 0.1) is 19.4 Å². The lowest BCUT2D eigenvalue weighted by Gasteiger charge is -2.41. The fourth-order valence-electron chi connectivity index (χ4n) is 3.34. The Kier molecular flexibility index (Phi) is 3.49. The molecule has 3 rings (SSSR count). The Labute approximate surface area is 119 Å². The van der Waals surface area contributed by atoms with Crippen molar-refractivity contribution in [1.29, 1.82) is 5.26 Å². The van der Waals surface area contributed by atoms with Gasteiger partial charge in [0, 0.05) is 31.3 Å². The highest BCUT2D eigenvalue weighted by molar-refractivity contribution is 5.63. The molecule has 1 atom stereocenters. The van der Waals surface area contributed by atoms with Crippen LogP contribution in [-0.4, -0.2) is 38.4 Å². The summed E-state index contributed by atoms with van der Waals surface area (Å²) in [6, 6.07) is 4.14. The minimum Gasteiger partial charge on any atom is -0.480 e. The van der Waals surface area contributed by atoms with E-state index in [1.165, 1.54) is 6.42 Å². The molecule has 0 unspecified atom stereocenters.